The first-order valence-electron chi connectivity index (χ1n) is 31.2. The fourth-order valence-electron chi connectivity index (χ4n) is 15.9. The number of allylic oxidation sites excluding steroid dienone is 8. The topological polar surface area (TPSA) is 396 Å². The van der Waals surface area contributed by atoms with E-state index in [0.29, 0.717) is 71.0 Å². The molecular weight excluding hydrogens is 1180 g/mol. The lowest BCUT2D eigenvalue weighted by atomic mass is 9.57. The van der Waals surface area contributed by atoms with E-state index >= 15 is 0 Å². The molecule has 7 aliphatic heterocycles. The number of carbonyl (C=O) groups is 7. The van der Waals surface area contributed by atoms with Gasteiger partial charge in [0.1, 0.15) is 18.4 Å². The van der Waals surface area contributed by atoms with Gasteiger partial charge in [0, 0.05) is 137 Å². The van der Waals surface area contributed by atoms with Gasteiger partial charge in [-0.2, -0.15) is 0 Å². The Kier molecular flexibility index (Phi) is 20.7. The fourth-order valence-corrected chi connectivity index (χ4v) is 17.2. The lowest BCUT2D eigenvalue weighted by molar-refractivity contribution is -0.122. The highest BCUT2D eigenvalue weighted by molar-refractivity contribution is 7.47. The summed E-state index contributed by atoms with van der Waals surface area (Å²) in [5.41, 5.74) is 19.8. The summed E-state index contributed by atoms with van der Waals surface area (Å²) in [6.45, 7) is 22.7. The van der Waals surface area contributed by atoms with Gasteiger partial charge in [0.05, 0.1) is 42.7 Å². The van der Waals surface area contributed by atoms with Gasteiger partial charge in [-0.15, -0.1) is 0 Å². The molecular formula is C63H94N13O13P. The van der Waals surface area contributed by atoms with E-state index in [1.54, 1.807) is 13.3 Å². The number of fused-ring (bicyclic) bond motifs is 7. The van der Waals surface area contributed by atoms with E-state index in [1.165, 1.54) is 6.92 Å². The van der Waals surface area contributed by atoms with Gasteiger partial charge in [-0.05, 0) is 84.4 Å². The number of nitrogens with two attached hydrogens (primary N) is 3. The maximum absolute atomic E-state index is 14.4. The minimum atomic E-state index is -4.87. The molecule has 0 aromatic carbocycles. The number of primary amides is 3. The third-order valence-electron chi connectivity index (χ3n) is 21.3. The van der Waals surface area contributed by atoms with Gasteiger partial charge in [0.2, 0.25) is 42.9 Å². The number of amides is 7. The second kappa shape index (κ2) is 26.9. The Balaban J connectivity index is 1.18. The van der Waals surface area contributed by atoms with Crippen molar-refractivity contribution in [3.05, 3.63) is 57.6 Å². The summed E-state index contributed by atoms with van der Waals surface area (Å²) >= 11 is 0. The van der Waals surface area contributed by atoms with Gasteiger partial charge in [-0.1, -0.05) is 64.8 Å². The molecule has 7 amide bonds. The van der Waals surface area contributed by atoms with Crippen LogP contribution in [0.4, 0.5) is 0 Å². The molecule has 90 heavy (non-hydrogen) atoms. The van der Waals surface area contributed by atoms with E-state index in [1.807, 2.05) is 80.2 Å². The van der Waals surface area contributed by atoms with Gasteiger partial charge >= 0.3 is 7.82 Å². The van der Waals surface area contributed by atoms with Crippen LogP contribution in [-0.2, 0) is 51.9 Å². The van der Waals surface area contributed by atoms with Gasteiger partial charge < -0.3 is 63.4 Å². The number of nitrogens with one attached hydrogen (secondary N) is 5. The van der Waals surface area contributed by atoms with Crippen molar-refractivity contribution >= 4 is 74.2 Å². The van der Waals surface area contributed by atoms with Gasteiger partial charge in [-0.25, -0.2) is 4.57 Å². The average Bonchev–Trinajstić information content (AvgIpc) is 1.53. The summed E-state index contributed by atoms with van der Waals surface area (Å²) in [5.74, 6) is -4.79. The van der Waals surface area contributed by atoms with Crippen LogP contribution in [0.25, 0.3) is 0 Å². The monoisotopic (exact) mass is 1270 g/mol. The summed E-state index contributed by atoms with van der Waals surface area (Å²) in [5, 5.41) is 25.8. The molecule has 494 valence electrons. The van der Waals surface area contributed by atoms with Crippen LogP contribution in [0.2, 0.25) is 0 Å². The SMILES string of the molecule is CC1=CC2N=CN([C@H]3O[C@H](CO)[C@@H](OP(=O)(O)O[C@H](C)CNC(=O)CC[C@@]4(C)C5=N[C@H]([C@@H]4CNC=O)[C@]4(C)N=C(C(C)=C6NC(=CC7=NC(=C5C)[C@@H](CCC(N)=O)C7(C)C)[C@@H](CCC(N)=O)[C@]6(C)CC(N)=O)[C@@H](CCNC=O)[C@]4(C)CNC=O)[C@H]3C)C2C=C1C. The van der Waals surface area contributed by atoms with Crippen molar-refractivity contribution in [1.82, 2.24) is 31.5 Å². The van der Waals surface area contributed by atoms with E-state index < -0.39 is 125 Å². The molecule has 0 radical (unpaired) electrons. The van der Waals surface area contributed by atoms with Gasteiger partial charge in [-0.3, -0.25) is 62.6 Å². The summed E-state index contributed by atoms with van der Waals surface area (Å²) in [4.78, 5) is 125. The number of carbonyl (C=O) groups excluding carboxylic acids is 7. The zero-order valence-corrected chi connectivity index (χ0v) is 54.9. The van der Waals surface area contributed by atoms with Crippen molar-refractivity contribution in [3.63, 3.8) is 0 Å². The molecule has 0 aromatic heterocycles. The van der Waals surface area contributed by atoms with Crippen LogP contribution in [0.3, 0.4) is 0 Å². The van der Waals surface area contributed by atoms with E-state index in [-0.39, 0.29) is 83.2 Å². The summed E-state index contributed by atoms with van der Waals surface area (Å²) in [6, 6.07) is -1.11. The summed E-state index contributed by atoms with van der Waals surface area (Å²) in [7, 11) is -4.87. The molecule has 8 aliphatic rings. The number of hydrogen-bond acceptors (Lipinski definition) is 18. The number of rotatable bonds is 29. The molecule has 13 N–H and O–H groups in total. The molecule has 0 saturated carbocycles. The number of phosphoric ester groups is 1. The van der Waals surface area contributed by atoms with E-state index in [2.05, 4.69) is 43.7 Å². The second-order valence-corrected chi connectivity index (χ2v) is 28.7. The highest BCUT2D eigenvalue weighted by Gasteiger charge is 2.66. The van der Waals surface area contributed by atoms with Crippen molar-refractivity contribution in [3.8, 4) is 0 Å². The molecule has 7 heterocycles. The quantitative estimate of drug-likeness (QED) is 0.0292. The first-order chi connectivity index (χ1) is 42.3. The molecule has 3 unspecified atom stereocenters. The zero-order chi connectivity index (χ0) is 66.2. The standard InChI is InChI=1S/C63H94N13O13P/c1-33-21-44-45(22-34(33)2)76(29-71-44)58-38(6)54(46(27-77)87-58)89-90(85,86)88-35(3)25-70-51(84)17-19-60(9)42(26-68-31-79)57-63(12)62(11,28-69-32-80)41(18-20-67-30-78)53(75-63)37(5)56-61(10,24-50(66)83)39(13-15-48(64)81)43(72-56)23-47-59(7,8)40(14-16-49(65)82)52(73-47)36(4)55(60)74-57/h21-23,29-32,35,38-42,44-46,54,57-58,72,77H,13-20,24-28H2,1-12H3,(H2,64,81)(H2,65,82)(H2,66,83)(H,67,78)(H,68,79)(H,69,80)(H,70,84)(H,85,86)/t35-,38-,39-,40-,41-,42+,44?,45?,46-,54+,57-,58+,60-,61+,62+,63+/m1/s1. The molecule has 26 nitrogen and oxygen atoms in total. The third kappa shape index (κ3) is 13.1. The zero-order valence-electron chi connectivity index (χ0n) is 54.0. The number of ether oxygens (including phenoxy) is 1. The number of aliphatic imine (C=N–C) groups is 4. The van der Waals surface area contributed by atoms with E-state index in [9.17, 15) is 48.1 Å². The van der Waals surface area contributed by atoms with Crippen molar-refractivity contribution in [2.45, 2.75) is 183 Å². The molecule has 2 saturated heterocycles. The van der Waals surface area contributed by atoms with Crippen molar-refractivity contribution in [2.24, 2.45) is 88.4 Å². The summed E-state index contributed by atoms with van der Waals surface area (Å²) in [6.07, 6.45) is 6.56. The highest BCUT2D eigenvalue weighted by Crippen LogP contribution is 2.61. The molecule has 8 rings (SSSR count). The Bertz CT molecular complexity index is 3230. The predicted molar refractivity (Wildman–Crippen MR) is 338 cm³/mol. The molecule has 8 bridgehead atoms. The van der Waals surface area contributed by atoms with E-state index in [4.69, 9.17) is 46.0 Å². The van der Waals surface area contributed by atoms with Crippen molar-refractivity contribution in [2.75, 3.05) is 32.8 Å². The van der Waals surface area contributed by atoms with Gasteiger partial charge in [0.25, 0.3) is 0 Å². The Labute approximate surface area is 527 Å². The normalized spacial score (nSPS) is 34.9. The second-order valence-electron chi connectivity index (χ2n) is 27.3. The highest BCUT2D eigenvalue weighted by atomic mass is 31.2. The molecule has 1 aliphatic carbocycles. The third-order valence-corrected chi connectivity index (χ3v) is 22.4. The minimum absolute atomic E-state index is 0.00555. The number of phosphoric acid groups is 1. The maximum atomic E-state index is 14.4. The molecule has 27 heteroatoms. The fraction of sp³-hybridized carbons (Fsp3) is 0.667. The van der Waals surface area contributed by atoms with Crippen LogP contribution < -0.4 is 43.8 Å². The largest absolute Gasteiger partial charge is 0.472 e. The van der Waals surface area contributed by atoms with E-state index in [0.717, 1.165) is 11.1 Å². The number of aliphatic hydroxyl groups is 1. The Morgan fingerprint density at radius 3 is 2.16 bits per heavy atom. The van der Waals surface area contributed by atoms with Crippen LogP contribution in [0, 0.1) is 51.2 Å². The average molecular weight is 1270 g/mol. The first-order valence-corrected chi connectivity index (χ1v) is 32.7. The summed E-state index contributed by atoms with van der Waals surface area (Å²) < 4.78 is 31.6. The van der Waals surface area contributed by atoms with Crippen LogP contribution >= 0.6 is 7.82 Å². The van der Waals surface area contributed by atoms with Crippen LogP contribution in [0.15, 0.2) is 77.6 Å². The van der Waals surface area contributed by atoms with Gasteiger partial charge in [0.15, 0.2) is 0 Å². The number of nitrogens with zero attached hydrogens (tertiary/aromatic N) is 5. The lowest BCUT2D eigenvalue weighted by Crippen LogP contribution is -2.59. The molecule has 2 fully saturated rings. The number of aliphatic hydroxyl groups excluding tert-OH is 1. The molecule has 0 aromatic rings. The lowest BCUT2D eigenvalue weighted by Gasteiger charge is -2.48. The smallest absolute Gasteiger partial charge is 0.394 e. The van der Waals surface area contributed by atoms with Crippen LogP contribution in [-0.4, -0.2) is 162 Å². The first kappa shape index (κ1) is 69.2. The predicted octanol–water partition coefficient (Wildman–Crippen LogP) is 3.20. The number of hydrogen-bond donors (Lipinski definition) is 10. The van der Waals surface area contributed by atoms with Crippen molar-refractivity contribution < 1.29 is 61.9 Å². The van der Waals surface area contributed by atoms with Crippen LogP contribution in [0.5, 0.6) is 0 Å². The Morgan fingerprint density at radius 1 is 0.867 bits per heavy atom. The minimum Gasteiger partial charge on any atom is -0.394 e. The van der Waals surface area contributed by atoms with Crippen molar-refractivity contribution in [1.29, 1.82) is 0 Å². The van der Waals surface area contributed by atoms with Crippen LogP contribution in [0.1, 0.15) is 134 Å². The Morgan fingerprint density at radius 2 is 1.52 bits per heavy atom. The molecule has 0 spiro atoms. The molecule has 17 atom stereocenters. The Hall–Kier alpha value is -6.70. The maximum Gasteiger partial charge on any atom is 0.472 e.